The Morgan fingerprint density at radius 2 is 1.90 bits per heavy atom. The molecule has 3 rings (SSSR count). The van der Waals surface area contributed by atoms with Crippen LogP contribution in [0.25, 0.3) is 0 Å². The number of methoxy groups -OCH3 is 1. The molecule has 0 aromatic heterocycles. The summed E-state index contributed by atoms with van der Waals surface area (Å²) in [6.45, 7) is 9.80. The summed E-state index contributed by atoms with van der Waals surface area (Å²) in [5, 5.41) is 3.41. The van der Waals surface area contributed by atoms with Crippen molar-refractivity contribution in [3.8, 4) is 0 Å². The number of nitrogens with one attached hydrogen (secondary N) is 1. The third-order valence-electron chi connectivity index (χ3n) is 5.63. The second kappa shape index (κ2) is 15.8. The van der Waals surface area contributed by atoms with Gasteiger partial charge >= 0.3 is 0 Å². The zero-order chi connectivity index (χ0) is 20.6. The summed E-state index contributed by atoms with van der Waals surface area (Å²) in [5.41, 5.74) is 1.25. The van der Waals surface area contributed by atoms with E-state index in [1.54, 1.807) is 7.11 Å². The lowest BCUT2D eigenvalue weighted by Gasteiger charge is -2.23. The average molecular weight is 407 g/mol. The van der Waals surface area contributed by atoms with Crippen molar-refractivity contribution in [2.75, 3.05) is 53.2 Å². The largest absolute Gasteiger partial charge is 0.383 e. The van der Waals surface area contributed by atoms with Gasteiger partial charge in [-0.05, 0) is 50.8 Å². The lowest BCUT2D eigenvalue weighted by atomic mass is 10.2. The van der Waals surface area contributed by atoms with Gasteiger partial charge in [-0.15, -0.1) is 0 Å². The van der Waals surface area contributed by atoms with Crippen molar-refractivity contribution < 1.29 is 14.2 Å². The predicted molar refractivity (Wildman–Crippen MR) is 119 cm³/mol. The van der Waals surface area contributed by atoms with Gasteiger partial charge in [0.25, 0.3) is 0 Å². The van der Waals surface area contributed by atoms with Gasteiger partial charge in [0.1, 0.15) is 0 Å². The Kier molecular flexibility index (Phi) is 13.2. The smallest absolute Gasteiger partial charge is 0.0717 e. The molecular weight excluding hydrogens is 364 g/mol. The first-order chi connectivity index (χ1) is 14.3. The van der Waals surface area contributed by atoms with E-state index >= 15 is 0 Å². The number of unbranched alkanes of at least 4 members (excludes halogenated alkanes) is 1. The monoisotopic (exact) mass is 406 g/mol. The van der Waals surface area contributed by atoms with Gasteiger partial charge in [-0.25, -0.2) is 0 Å². The van der Waals surface area contributed by atoms with E-state index in [0.717, 1.165) is 39.6 Å². The molecule has 0 spiro atoms. The topological polar surface area (TPSA) is 43.0 Å². The van der Waals surface area contributed by atoms with Gasteiger partial charge in [0.15, 0.2) is 0 Å². The molecule has 2 aliphatic heterocycles. The van der Waals surface area contributed by atoms with Gasteiger partial charge in [0, 0.05) is 32.3 Å². The molecule has 2 fully saturated rings. The molecule has 0 aliphatic carbocycles. The molecular formula is C24H42N2O3. The average Bonchev–Trinajstić information content (AvgIpc) is 3.43. The maximum absolute atomic E-state index is 5.83. The fourth-order valence-corrected chi connectivity index (χ4v) is 3.84. The Hall–Kier alpha value is -0.980. The first kappa shape index (κ1) is 24.3. The molecule has 2 atom stereocenters. The van der Waals surface area contributed by atoms with E-state index in [9.17, 15) is 0 Å². The number of benzene rings is 1. The highest BCUT2D eigenvalue weighted by Gasteiger charge is 2.23. The molecule has 2 aliphatic rings. The molecule has 1 N–H and O–H groups in total. The highest BCUT2D eigenvalue weighted by Crippen LogP contribution is 2.17. The van der Waals surface area contributed by atoms with Crippen LogP contribution in [0.3, 0.4) is 0 Å². The van der Waals surface area contributed by atoms with Gasteiger partial charge in [-0.1, -0.05) is 43.7 Å². The van der Waals surface area contributed by atoms with E-state index in [0.29, 0.717) is 12.1 Å². The first-order valence-corrected chi connectivity index (χ1v) is 11.5. The SMILES string of the molecule is CCCCOC[C@@H]1CCCN1.COCCN1CCC[C@H]1COCc1ccccc1. The van der Waals surface area contributed by atoms with E-state index in [2.05, 4.69) is 41.4 Å². The Morgan fingerprint density at radius 1 is 1.03 bits per heavy atom. The van der Waals surface area contributed by atoms with E-state index in [1.807, 2.05) is 6.07 Å². The molecule has 166 valence electrons. The summed E-state index contributed by atoms with van der Waals surface area (Å²) in [6.07, 6.45) is 7.58. The van der Waals surface area contributed by atoms with Gasteiger partial charge in [0.05, 0.1) is 26.4 Å². The lowest BCUT2D eigenvalue weighted by molar-refractivity contribution is 0.0561. The van der Waals surface area contributed by atoms with Crippen LogP contribution in [-0.2, 0) is 20.8 Å². The number of hydrogen-bond donors (Lipinski definition) is 1. The highest BCUT2D eigenvalue weighted by molar-refractivity contribution is 5.13. The summed E-state index contributed by atoms with van der Waals surface area (Å²) < 4.78 is 16.5. The molecule has 2 saturated heterocycles. The summed E-state index contributed by atoms with van der Waals surface area (Å²) >= 11 is 0. The number of ether oxygens (including phenoxy) is 3. The van der Waals surface area contributed by atoms with Crippen LogP contribution in [0.15, 0.2) is 30.3 Å². The second-order valence-corrected chi connectivity index (χ2v) is 8.05. The van der Waals surface area contributed by atoms with E-state index in [4.69, 9.17) is 14.2 Å². The molecule has 5 nitrogen and oxygen atoms in total. The van der Waals surface area contributed by atoms with Crippen molar-refractivity contribution in [1.82, 2.24) is 10.2 Å². The van der Waals surface area contributed by atoms with Gasteiger partial charge in [0.2, 0.25) is 0 Å². The Labute approximate surface area is 178 Å². The van der Waals surface area contributed by atoms with Crippen LogP contribution in [-0.4, -0.2) is 70.2 Å². The van der Waals surface area contributed by atoms with Crippen molar-refractivity contribution in [2.45, 2.75) is 64.1 Å². The van der Waals surface area contributed by atoms with Crippen LogP contribution in [0.5, 0.6) is 0 Å². The Morgan fingerprint density at radius 3 is 2.62 bits per heavy atom. The third-order valence-corrected chi connectivity index (χ3v) is 5.63. The highest BCUT2D eigenvalue weighted by atomic mass is 16.5. The van der Waals surface area contributed by atoms with Crippen LogP contribution >= 0.6 is 0 Å². The van der Waals surface area contributed by atoms with Crippen LogP contribution in [0.4, 0.5) is 0 Å². The minimum Gasteiger partial charge on any atom is -0.383 e. The number of hydrogen-bond acceptors (Lipinski definition) is 5. The fourth-order valence-electron chi connectivity index (χ4n) is 3.84. The van der Waals surface area contributed by atoms with Crippen molar-refractivity contribution in [3.05, 3.63) is 35.9 Å². The predicted octanol–water partition coefficient (Wildman–Crippen LogP) is 3.87. The summed E-state index contributed by atoms with van der Waals surface area (Å²) in [7, 11) is 1.76. The van der Waals surface area contributed by atoms with E-state index < -0.39 is 0 Å². The summed E-state index contributed by atoms with van der Waals surface area (Å²) in [4.78, 5) is 2.48. The van der Waals surface area contributed by atoms with Crippen molar-refractivity contribution in [3.63, 3.8) is 0 Å². The molecule has 0 unspecified atom stereocenters. The summed E-state index contributed by atoms with van der Waals surface area (Å²) in [5.74, 6) is 0. The van der Waals surface area contributed by atoms with Crippen LogP contribution in [0.1, 0.15) is 51.0 Å². The minimum absolute atomic E-state index is 0.573. The second-order valence-electron chi connectivity index (χ2n) is 8.05. The Balaban J connectivity index is 0.000000234. The zero-order valence-electron chi connectivity index (χ0n) is 18.6. The molecule has 1 aromatic rings. The number of nitrogens with zero attached hydrogens (tertiary/aromatic N) is 1. The molecule has 0 bridgehead atoms. The molecule has 1 aromatic carbocycles. The Bertz CT molecular complexity index is 494. The quantitative estimate of drug-likeness (QED) is 0.534. The van der Waals surface area contributed by atoms with Crippen LogP contribution in [0, 0.1) is 0 Å². The fraction of sp³-hybridized carbons (Fsp3) is 0.750. The van der Waals surface area contributed by atoms with Gasteiger partial charge < -0.3 is 19.5 Å². The molecule has 2 heterocycles. The zero-order valence-corrected chi connectivity index (χ0v) is 18.6. The maximum atomic E-state index is 5.83. The summed E-state index contributed by atoms with van der Waals surface area (Å²) in [6, 6.07) is 11.6. The molecule has 29 heavy (non-hydrogen) atoms. The normalized spacial score (nSPS) is 21.9. The molecule has 0 amide bonds. The van der Waals surface area contributed by atoms with Crippen molar-refractivity contribution >= 4 is 0 Å². The van der Waals surface area contributed by atoms with Crippen molar-refractivity contribution in [1.29, 1.82) is 0 Å². The maximum Gasteiger partial charge on any atom is 0.0717 e. The third kappa shape index (κ3) is 10.6. The lowest BCUT2D eigenvalue weighted by Crippen LogP contribution is -2.35. The minimum atomic E-state index is 0.573. The van der Waals surface area contributed by atoms with Crippen molar-refractivity contribution in [2.24, 2.45) is 0 Å². The molecule has 0 saturated carbocycles. The van der Waals surface area contributed by atoms with Crippen LogP contribution in [0.2, 0.25) is 0 Å². The van der Waals surface area contributed by atoms with Gasteiger partial charge in [-0.2, -0.15) is 0 Å². The first-order valence-electron chi connectivity index (χ1n) is 11.5. The molecule has 5 heteroatoms. The van der Waals surface area contributed by atoms with E-state index in [1.165, 1.54) is 57.2 Å². The van der Waals surface area contributed by atoms with Crippen LogP contribution < -0.4 is 5.32 Å². The standard InChI is InChI=1S/C15H23NO2.C9H19NO/c1-17-11-10-16-9-5-8-15(16)13-18-12-14-6-3-2-4-7-14;1-2-3-7-11-8-9-5-4-6-10-9/h2-4,6-7,15H,5,8-13H2,1H3;9-10H,2-8H2,1H3/t15-;9-/m00/s1. The molecule has 0 radical (unpaired) electrons. The number of rotatable bonds is 12. The van der Waals surface area contributed by atoms with E-state index in [-0.39, 0.29) is 0 Å². The number of likely N-dealkylation sites (tertiary alicyclic amines) is 1. The van der Waals surface area contributed by atoms with Gasteiger partial charge in [-0.3, -0.25) is 4.90 Å².